The lowest BCUT2D eigenvalue weighted by Crippen LogP contribution is -2.11. The Bertz CT molecular complexity index is 971. The van der Waals surface area contributed by atoms with Crippen LogP contribution in [0.25, 0.3) is 16.8 Å². The van der Waals surface area contributed by atoms with Crippen molar-refractivity contribution in [3.63, 3.8) is 0 Å². The summed E-state index contributed by atoms with van der Waals surface area (Å²) < 4.78 is 13.8. The lowest BCUT2D eigenvalue weighted by Gasteiger charge is -2.19. The summed E-state index contributed by atoms with van der Waals surface area (Å²) in [6, 6.07) is 23.9. The topological polar surface area (TPSA) is 34.1 Å². The number of allylic oxidation sites excluding steroid dienone is 1. The molecule has 0 saturated carbocycles. The van der Waals surface area contributed by atoms with Gasteiger partial charge in [0.15, 0.2) is 0 Å². The molecule has 3 aromatic rings. The molecule has 0 heterocycles. The van der Waals surface area contributed by atoms with Crippen molar-refractivity contribution >= 4 is 33.9 Å². The third kappa shape index (κ3) is 4.85. The summed E-state index contributed by atoms with van der Waals surface area (Å²) in [6.07, 6.45) is 6.30. The van der Waals surface area contributed by atoms with E-state index in [1.54, 1.807) is 0 Å². The van der Waals surface area contributed by atoms with Crippen LogP contribution in [0.4, 0.5) is 0 Å². The van der Waals surface area contributed by atoms with Crippen molar-refractivity contribution in [3.8, 4) is 0 Å². The summed E-state index contributed by atoms with van der Waals surface area (Å²) in [5.41, 5.74) is 1.01. The van der Waals surface area contributed by atoms with Gasteiger partial charge in [-0.15, -0.1) is 0 Å². The average Bonchev–Trinajstić information content (AvgIpc) is 2.75. The molecule has 0 bridgehead atoms. The Kier molecular flexibility index (Phi) is 7.32. The van der Waals surface area contributed by atoms with Gasteiger partial charge in [0.2, 0.25) is 0 Å². The van der Waals surface area contributed by atoms with Crippen LogP contribution >= 0.6 is 0 Å². The van der Waals surface area contributed by atoms with E-state index >= 15 is 0 Å². The average molecular weight is 391 g/mol. The molecule has 0 N–H and O–H groups in total. The Balaban J connectivity index is 2.10. The Morgan fingerprint density at radius 1 is 0.964 bits per heavy atom. The monoisotopic (exact) mass is 390 g/mol. The highest BCUT2D eigenvalue weighted by Gasteiger charge is 2.22. The number of carbonyl (C=O) groups is 1. The van der Waals surface area contributed by atoms with Crippen LogP contribution in [0.2, 0.25) is 0 Å². The summed E-state index contributed by atoms with van der Waals surface area (Å²) in [5.74, 6) is -0.0162. The lowest BCUT2D eigenvalue weighted by atomic mass is 9.97. The molecule has 0 saturated heterocycles. The predicted molar refractivity (Wildman–Crippen MR) is 118 cm³/mol. The Hall–Kier alpha value is -2.52. The number of fused-ring (bicyclic) bond motifs is 1. The minimum Gasteiger partial charge on any atom is -0.303 e. The zero-order chi connectivity index (χ0) is 19.8. The van der Waals surface area contributed by atoms with Gasteiger partial charge in [-0.05, 0) is 40.8 Å². The highest BCUT2D eigenvalue weighted by Crippen LogP contribution is 2.32. The number of rotatable bonds is 9. The molecular weight excluding hydrogens is 364 g/mol. The lowest BCUT2D eigenvalue weighted by molar-refractivity contribution is -0.108. The standard InChI is InChI=1S/C25H26O2S/c1-2-3-12-22(17-18-26)25(19-20-10-5-4-6-11-20)28(27)24-16-9-14-21-13-7-8-15-23(21)24/h4-11,13-16,18-19,22H,2-3,12,17H2,1H3/b25-19-/t22-,28?/m0/s1. The van der Waals surface area contributed by atoms with Crippen molar-refractivity contribution in [2.45, 2.75) is 37.5 Å². The van der Waals surface area contributed by atoms with E-state index in [-0.39, 0.29) is 5.92 Å². The maximum atomic E-state index is 13.8. The van der Waals surface area contributed by atoms with Gasteiger partial charge in [-0.1, -0.05) is 86.5 Å². The highest BCUT2D eigenvalue weighted by molar-refractivity contribution is 7.89. The first kappa shape index (κ1) is 20.2. The summed E-state index contributed by atoms with van der Waals surface area (Å²) in [5, 5.41) is 2.08. The van der Waals surface area contributed by atoms with E-state index in [4.69, 9.17) is 0 Å². The van der Waals surface area contributed by atoms with Crippen LogP contribution in [-0.4, -0.2) is 10.5 Å². The second-order valence-electron chi connectivity index (χ2n) is 6.94. The molecule has 0 fully saturated rings. The molecule has 28 heavy (non-hydrogen) atoms. The van der Waals surface area contributed by atoms with Crippen LogP contribution in [0.15, 0.2) is 82.6 Å². The van der Waals surface area contributed by atoms with Gasteiger partial charge in [0.05, 0.1) is 15.7 Å². The number of carbonyl (C=O) groups excluding carboxylic acids is 1. The van der Waals surface area contributed by atoms with Gasteiger partial charge in [0, 0.05) is 11.3 Å². The molecule has 3 rings (SSSR count). The summed E-state index contributed by atoms with van der Waals surface area (Å²) in [7, 11) is -1.33. The minimum atomic E-state index is -1.33. The van der Waals surface area contributed by atoms with E-state index in [1.807, 2.05) is 78.9 Å². The van der Waals surface area contributed by atoms with Gasteiger partial charge in [-0.25, -0.2) is 4.21 Å². The molecule has 144 valence electrons. The molecule has 3 heteroatoms. The second kappa shape index (κ2) is 10.1. The smallest absolute Gasteiger partial charge is 0.120 e. The Morgan fingerprint density at radius 2 is 1.68 bits per heavy atom. The predicted octanol–water partition coefficient (Wildman–Crippen LogP) is 6.38. The fourth-order valence-corrected chi connectivity index (χ4v) is 5.07. The molecule has 0 aliphatic rings. The SMILES string of the molecule is CCCC[C@@H](CC=O)/C(=C/c1ccccc1)S(=O)c1cccc2ccccc12. The van der Waals surface area contributed by atoms with Gasteiger partial charge in [-0.2, -0.15) is 0 Å². The molecule has 0 aliphatic carbocycles. The minimum absolute atomic E-state index is 0.0162. The third-order valence-electron chi connectivity index (χ3n) is 4.96. The van der Waals surface area contributed by atoms with Gasteiger partial charge >= 0.3 is 0 Å². The maximum absolute atomic E-state index is 13.8. The number of aldehydes is 1. The van der Waals surface area contributed by atoms with E-state index < -0.39 is 10.8 Å². The van der Waals surface area contributed by atoms with Gasteiger partial charge in [-0.3, -0.25) is 0 Å². The quantitative estimate of drug-likeness (QED) is 0.397. The fourth-order valence-electron chi connectivity index (χ4n) is 3.46. The first-order valence-corrected chi connectivity index (χ1v) is 11.0. The third-order valence-corrected chi connectivity index (χ3v) is 6.60. The van der Waals surface area contributed by atoms with Gasteiger partial charge in [0.25, 0.3) is 0 Å². The van der Waals surface area contributed by atoms with Gasteiger partial charge in [0.1, 0.15) is 6.29 Å². The molecule has 0 aromatic heterocycles. The molecule has 1 unspecified atom stereocenters. The van der Waals surface area contributed by atoms with E-state index in [0.717, 1.165) is 51.7 Å². The zero-order valence-corrected chi connectivity index (χ0v) is 17.0. The first-order chi connectivity index (χ1) is 13.7. The number of hydrogen-bond donors (Lipinski definition) is 0. The fraction of sp³-hybridized carbons (Fsp3) is 0.240. The molecule has 0 spiro atoms. The summed E-state index contributed by atoms with van der Waals surface area (Å²) >= 11 is 0. The van der Waals surface area contributed by atoms with Crippen LogP contribution < -0.4 is 0 Å². The van der Waals surface area contributed by atoms with E-state index in [0.29, 0.717) is 6.42 Å². The van der Waals surface area contributed by atoms with Crippen LogP contribution in [0.3, 0.4) is 0 Å². The van der Waals surface area contributed by atoms with E-state index in [1.165, 1.54) is 0 Å². The first-order valence-electron chi connectivity index (χ1n) is 9.84. The Labute approximate surface area is 169 Å². The number of unbranched alkanes of at least 4 members (excludes halogenated alkanes) is 1. The second-order valence-corrected chi connectivity index (χ2v) is 8.39. The molecule has 2 atom stereocenters. The molecular formula is C25H26O2S. The molecule has 3 aromatic carbocycles. The van der Waals surface area contributed by atoms with Crippen molar-refractivity contribution in [2.24, 2.45) is 5.92 Å². The van der Waals surface area contributed by atoms with Crippen LogP contribution in [0, 0.1) is 5.92 Å². The van der Waals surface area contributed by atoms with Crippen molar-refractivity contribution in [2.75, 3.05) is 0 Å². The normalized spacial score (nSPS) is 14.0. The highest BCUT2D eigenvalue weighted by atomic mass is 32.2. The maximum Gasteiger partial charge on any atom is 0.120 e. The molecule has 2 nitrogen and oxygen atoms in total. The zero-order valence-electron chi connectivity index (χ0n) is 16.2. The van der Waals surface area contributed by atoms with Gasteiger partial charge < -0.3 is 4.79 Å². The number of benzene rings is 3. The van der Waals surface area contributed by atoms with Crippen molar-refractivity contribution < 1.29 is 9.00 Å². The van der Waals surface area contributed by atoms with Crippen molar-refractivity contribution in [1.82, 2.24) is 0 Å². The molecule has 0 aliphatic heterocycles. The molecule has 0 amide bonds. The van der Waals surface area contributed by atoms with Crippen LogP contribution in [0.5, 0.6) is 0 Å². The summed E-state index contributed by atoms with van der Waals surface area (Å²) in [6.45, 7) is 2.14. The number of hydrogen-bond acceptors (Lipinski definition) is 2. The Morgan fingerprint density at radius 3 is 2.43 bits per heavy atom. The van der Waals surface area contributed by atoms with Crippen LogP contribution in [0.1, 0.15) is 38.2 Å². The van der Waals surface area contributed by atoms with E-state index in [2.05, 4.69) is 6.92 Å². The van der Waals surface area contributed by atoms with Crippen molar-refractivity contribution in [3.05, 3.63) is 83.3 Å². The summed E-state index contributed by atoms with van der Waals surface area (Å²) in [4.78, 5) is 13.0. The van der Waals surface area contributed by atoms with E-state index in [9.17, 15) is 9.00 Å². The van der Waals surface area contributed by atoms with Crippen molar-refractivity contribution in [1.29, 1.82) is 0 Å². The molecule has 0 radical (unpaired) electrons. The van der Waals surface area contributed by atoms with Crippen LogP contribution in [-0.2, 0) is 15.6 Å². The largest absolute Gasteiger partial charge is 0.303 e.